The number of hydrogen-bond acceptors (Lipinski definition) is 2. The Morgan fingerprint density at radius 3 is 2.57 bits per heavy atom. The maximum absolute atomic E-state index is 10.9. The quantitative estimate of drug-likeness (QED) is 0.721. The summed E-state index contributed by atoms with van der Waals surface area (Å²) < 4.78 is 0. The number of benzene rings is 1. The molecule has 3 N–H and O–H groups in total. The van der Waals surface area contributed by atoms with Gasteiger partial charge < -0.3 is 11.1 Å². The largest absolute Gasteiger partial charge is 0.368 e. The first-order valence-electron chi connectivity index (χ1n) is 4.74. The zero-order valence-corrected chi connectivity index (χ0v) is 8.36. The highest BCUT2D eigenvalue weighted by Crippen LogP contribution is 2.04. The van der Waals surface area contributed by atoms with E-state index in [-0.39, 0.29) is 11.9 Å². The van der Waals surface area contributed by atoms with Gasteiger partial charge in [0.1, 0.15) is 0 Å². The van der Waals surface area contributed by atoms with Crippen LogP contribution in [0.25, 0.3) is 0 Å². The molecule has 3 heteroatoms. The molecule has 76 valence electrons. The van der Waals surface area contributed by atoms with Crippen molar-refractivity contribution in [3.8, 4) is 0 Å². The summed E-state index contributed by atoms with van der Waals surface area (Å²) in [5, 5.41) is 2.90. The van der Waals surface area contributed by atoms with Crippen molar-refractivity contribution in [1.29, 1.82) is 0 Å². The van der Waals surface area contributed by atoms with Gasteiger partial charge in [-0.1, -0.05) is 30.3 Å². The molecule has 0 radical (unpaired) electrons. The highest BCUT2D eigenvalue weighted by Gasteiger charge is 2.11. The van der Waals surface area contributed by atoms with Gasteiger partial charge in [0.15, 0.2) is 0 Å². The second-order valence-electron chi connectivity index (χ2n) is 3.27. The molecular formula is C11H16N2O. The van der Waals surface area contributed by atoms with E-state index >= 15 is 0 Å². The maximum Gasteiger partial charge on any atom is 0.234 e. The Morgan fingerprint density at radius 1 is 1.43 bits per heavy atom. The van der Waals surface area contributed by atoms with Crippen LogP contribution in [-0.2, 0) is 11.2 Å². The monoisotopic (exact) mass is 192 g/mol. The summed E-state index contributed by atoms with van der Waals surface area (Å²) in [4.78, 5) is 10.9. The first kappa shape index (κ1) is 10.7. The maximum atomic E-state index is 10.9. The minimum atomic E-state index is -0.288. The molecule has 1 unspecified atom stereocenters. The summed E-state index contributed by atoms with van der Waals surface area (Å²) in [5.41, 5.74) is 6.44. The van der Waals surface area contributed by atoms with Gasteiger partial charge in [0.2, 0.25) is 5.91 Å². The topological polar surface area (TPSA) is 55.1 Å². The molecule has 3 nitrogen and oxygen atoms in total. The van der Waals surface area contributed by atoms with Crippen molar-refractivity contribution in [2.45, 2.75) is 18.9 Å². The zero-order chi connectivity index (χ0) is 10.4. The molecule has 14 heavy (non-hydrogen) atoms. The van der Waals surface area contributed by atoms with Crippen LogP contribution in [0, 0.1) is 0 Å². The Hall–Kier alpha value is -1.35. The molecule has 1 amide bonds. The van der Waals surface area contributed by atoms with E-state index in [1.54, 1.807) is 7.05 Å². The Bertz CT molecular complexity index is 285. The van der Waals surface area contributed by atoms with E-state index in [0.717, 1.165) is 12.8 Å². The smallest absolute Gasteiger partial charge is 0.234 e. The third-order valence-electron chi connectivity index (χ3n) is 2.26. The number of likely N-dealkylation sites (N-methyl/N-ethyl adjacent to an activating group) is 1. The number of carbonyl (C=O) groups excluding carboxylic acids is 1. The predicted octanol–water partition coefficient (Wildman–Crippen LogP) is 0.693. The van der Waals surface area contributed by atoms with Crippen molar-refractivity contribution < 1.29 is 4.79 Å². The van der Waals surface area contributed by atoms with Crippen LogP contribution >= 0.6 is 0 Å². The van der Waals surface area contributed by atoms with Crippen molar-refractivity contribution in [3.05, 3.63) is 35.9 Å². The van der Waals surface area contributed by atoms with Crippen molar-refractivity contribution in [2.24, 2.45) is 5.73 Å². The second-order valence-corrected chi connectivity index (χ2v) is 3.27. The zero-order valence-electron chi connectivity index (χ0n) is 8.36. The summed E-state index contributed by atoms with van der Waals surface area (Å²) in [5.74, 6) is -0.288. The van der Waals surface area contributed by atoms with E-state index in [1.165, 1.54) is 5.56 Å². The van der Waals surface area contributed by atoms with Gasteiger partial charge in [-0.25, -0.2) is 0 Å². The van der Waals surface area contributed by atoms with Crippen LogP contribution in [0.1, 0.15) is 12.0 Å². The Labute approximate surface area is 84.3 Å². The molecule has 0 fully saturated rings. The molecule has 0 aromatic heterocycles. The Morgan fingerprint density at radius 2 is 2.07 bits per heavy atom. The molecule has 0 heterocycles. The number of nitrogens with one attached hydrogen (secondary N) is 1. The van der Waals surface area contributed by atoms with Gasteiger partial charge in [-0.3, -0.25) is 4.79 Å². The van der Waals surface area contributed by atoms with Crippen molar-refractivity contribution in [1.82, 2.24) is 5.32 Å². The van der Waals surface area contributed by atoms with E-state index < -0.39 is 0 Å². The van der Waals surface area contributed by atoms with Gasteiger partial charge in [-0.15, -0.1) is 0 Å². The molecular weight excluding hydrogens is 176 g/mol. The van der Waals surface area contributed by atoms with Crippen LogP contribution in [-0.4, -0.2) is 19.0 Å². The van der Waals surface area contributed by atoms with Gasteiger partial charge in [0.25, 0.3) is 0 Å². The lowest BCUT2D eigenvalue weighted by molar-refractivity contribution is -0.120. The normalized spacial score (nSPS) is 12.4. The molecule has 0 aliphatic heterocycles. The highest BCUT2D eigenvalue weighted by molar-refractivity contribution is 5.79. The number of hydrogen-bond donors (Lipinski definition) is 2. The molecule has 1 rings (SSSR count). The lowest BCUT2D eigenvalue weighted by Gasteiger charge is -2.11. The van der Waals surface area contributed by atoms with E-state index in [1.807, 2.05) is 30.3 Å². The third kappa shape index (κ3) is 3.18. The summed E-state index contributed by atoms with van der Waals surface area (Å²) in [6.45, 7) is 0. The van der Waals surface area contributed by atoms with Gasteiger partial charge in [0, 0.05) is 0 Å². The fraction of sp³-hybridized carbons (Fsp3) is 0.364. The minimum Gasteiger partial charge on any atom is -0.368 e. The van der Waals surface area contributed by atoms with Crippen LogP contribution in [0.3, 0.4) is 0 Å². The van der Waals surface area contributed by atoms with Crippen molar-refractivity contribution >= 4 is 5.91 Å². The van der Waals surface area contributed by atoms with Gasteiger partial charge in [-0.2, -0.15) is 0 Å². The number of carbonyl (C=O) groups is 1. The van der Waals surface area contributed by atoms with Crippen LogP contribution < -0.4 is 11.1 Å². The first-order valence-corrected chi connectivity index (χ1v) is 4.74. The van der Waals surface area contributed by atoms with E-state index in [9.17, 15) is 4.79 Å². The van der Waals surface area contributed by atoms with E-state index in [4.69, 9.17) is 5.73 Å². The third-order valence-corrected chi connectivity index (χ3v) is 2.26. The SMILES string of the molecule is CNC(CCc1ccccc1)C(N)=O. The molecule has 1 atom stereocenters. The average Bonchev–Trinajstić information content (AvgIpc) is 2.20. The summed E-state index contributed by atoms with van der Waals surface area (Å²) in [6, 6.07) is 9.84. The molecule has 0 spiro atoms. The van der Waals surface area contributed by atoms with E-state index in [0.29, 0.717) is 0 Å². The summed E-state index contributed by atoms with van der Waals surface area (Å²) in [7, 11) is 1.75. The van der Waals surface area contributed by atoms with Crippen molar-refractivity contribution in [2.75, 3.05) is 7.05 Å². The molecule has 0 saturated heterocycles. The van der Waals surface area contributed by atoms with Crippen molar-refractivity contribution in [3.63, 3.8) is 0 Å². The molecule has 1 aromatic rings. The molecule has 0 aliphatic carbocycles. The van der Waals surface area contributed by atoms with Crippen LogP contribution in [0.15, 0.2) is 30.3 Å². The number of amides is 1. The Balaban J connectivity index is 2.44. The fourth-order valence-electron chi connectivity index (χ4n) is 1.38. The molecule has 0 bridgehead atoms. The second kappa shape index (κ2) is 5.40. The van der Waals surface area contributed by atoms with Crippen LogP contribution in [0.4, 0.5) is 0 Å². The van der Waals surface area contributed by atoms with Crippen LogP contribution in [0.5, 0.6) is 0 Å². The van der Waals surface area contributed by atoms with Gasteiger partial charge in [-0.05, 0) is 25.5 Å². The summed E-state index contributed by atoms with van der Waals surface area (Å²) in [6.07, 6.45) is 1.62. The number of aryl methyl sites for hydroxylation is 1. The highest BCUT2D eigenvalue weighted by atomic mass is 16.1. The molecule has 0 aliphatic rings. The lowest BCUT2D eigenvalue weighted by atomic mass is 10.1. The van der Waals surface area contributed by atoms with E-state index in [2.05, 4.69) is 5.32 Å². The fourth-order valence-corrected chi connectivity index (χ4v) is 1.38. The summed E-state index contributed by atoms with van der Waals surface area (Å²) >= 11 is 0. The first-order chi connectivity index (χ1) is 6.74. The predicted molar refractivity (Wildman–Crippen MR) is 56.8 cm³/mol. The number of rotatable bonds is 5. The Kier molecular flexibility index (Phi) is 4.13. The molecule has 1 aromatic carbocycles. The number of nitrogens with two attached hydrogens (primary N) is 1. The van der Waals surface area contributed by atoms with Gasteiger partial charge >= 0.3 is 0 Å². The molecule has 0 saturated carbocycles. The minimum absolute atomic E-state index is 0.227. The number of primary amides is 1. The standard InChI is InChI=1S/C11H16N2O/c1-13-10(11(12)14)8-7-9-5-3-2-4-6-9/h2-6,10,13H,7-8H2,1H3,(H2,12,14). The lowest BCUT2D eigenvalue weighted by Crippen LogP contribution is -2.39. The average molecular weight is 192 g/mol. The van der Waals surface area contributed by atoms with Gasteiger partial charge in [0.05, 0.1) is 6.04 Å². The van der Waals surface area contributed by atoms with Crippen LogP contribution in [0.2, 0.25) is 0 Å².